The average molecular weight is 1010 g/mol. The van der Waals surface area contributed by atoms with E-state index in [0.717, 1.165) is 103 Å². The molecule has 6 amide bonds. The van der Waals surface area contributed by atoms with Gasteiger partial charge in [-0.25, -0.2) is 0 Å². The molecule has 0 atom stereocenters. The maximum Gasteiger partial charge on any atom is 0.307 e. The lowest BCUT2D eigenvalue weighted by Crippen LogP contribution is -2.16. The van der Waals surface area contributed by atoms with Crippen LogP contribution in [0, 0.1) is 0 Å². The highest BCUT2D eigenvalue weighted by atomic mass is 16.5. The van der Waals surface area contributed by atoms with Crippen molar-refractivity contribution in [1.29, 1.82) is 0 Å². The molecular formula is C52H78N6O14. The first-order valence-electron chi connectivity index (χ1n) is 22.8. The monoisotopic (exact) mass is 1010 g/mol. The van der Waals surface area contributed by atoms with Crippen LogP contribution in [0.5, 0.6) is 0 Å². The lowest BCUT2D eigenvalue weighted by Gasteiger charge is -2.05. The molecule has 0 aromatic carbocycles. The fourth-order valence-electron chi connectivity index (χ4n) is 5.64. The Labute approximate surface area is 426 Å². The van der Waals surface area contributed by atoms with Crippen LogP contribution in [0.3, 0.4) is 0 Å². The third-order valence-corrected chi connectivity index (χ3v) is 8.98. The topological polar surface area (TPSA) is 227 Å². The Morgan fingerprint density at radius 3 is 0.458 bits per heavy atom. The first-order chi connectivity index (χ1) is 34.1. The van der Waals surface area contributed by atoms with Crippen molar-refractivity contribution >= 4 is 59.3 Å². The van der Waals surface area contributed by atoms with Crippen LogP contribution in [0.25, 0.3) is 0 Å². The molecule has 6 rings (SSSR count). The molecule has 400 valence electrons. The molecule has 0 N–H and O–H groups in total. The van der Waals surface area contributed by atoms with Gasteiger partial charge in [-0.05, 0) is 75.7 Å². The first-order valence-corrected chi connectivity index (χ1v) is 22.8. The fourth-order valence-corrected chi connectivity index (χ4v) is 5.64. The van der Waals surface area contributed by atoms with Gasteiger partial charge in [0.25, 0.3) is 0 Å². The Morgan fingerprint density at radius 2 is 0.431 bits per heavy atom. The van der Waals surface area contributed by atoms with Gasteiger partial charge < -0.3 is 48.3 Å². The SMILES string of the molecule is C=CN1CCCC1=O.C=CN1CCCC1=O.C=CN1CCCC1=O.C=CN1CCCC1=O.C=CN1CCCC1=O.C=CN1CCCC1=O.C=COC(C)=O.C=COC(C)=O.C=COC(C)=O.C=COC(C)=O. The van der Waals surface area contributed by atoms with Gasteiger partial charge in [0.15, 0.2) is 0 Å². The Balaban J connectivity index is -0.000000358. The van der Waals surface area contributed by atoms with Crippen molar-refractivity contribution in [2.45, 2.75) is 105 Å². The normalized spacial score (nSPS) is 15.3. The summed E-state index contributed by atoms with van der Waals surface area (Å²) >= 11 is 0. The van der Waals surface area contributed by atoms with E-state index in [1.165, 1.54) is 27.7 Å². The third kappa shape index (κ3) is 40.0. The van der Waals surface area contributed by atoms with Crippen LogP contribution in [0.2, 0.25) is 0 Å². The van der Waals surface area contributed by atoms with Crippen LogP contribution >= 0.6 is 0 Å². The second-order valence-corrected chi connectivity index (χ2v) is 14.3. The highest BCUT2D eigenvalue weighted by Crippen LogP contribution is 2.11. The van der Waals surface area contributed by atoms with E-state index in [4.69, 9.17) is 0 Å². The number of carbonyl (C=O) groups excluding carboxylic acids is 10. The molecule has 72 heavy (non-hydrogen) atoms. The summed E-state index contributed by atoms with van der Waals surface area (Å²) in [6.07, 6.45) is 24.1. The summed E-state index contributed by atoms with van der Waals surface area (Å²) in [5.74, 6) is -0.0648. The molecule has 6 heterocycles. The Bertz CT molecular complexity index is 1530. The van der Waals surface area contributed by atoms with Crippen LogP contribution in [-0.4, -0.2) is 128 Å². The van der Waals surface area contributed by atoms with Gasteiger partial charge in [-0.15, -0.1) is 0 Å². The number of amides is 6. The molecule has 0 aliphatic carbocycles. The van der Waals surface area contributed by atoms with Crippen LogP contribution in [0.4, 0.5) is 0 Å². The minimum atomic E-state index is -0.329. The van der Waals surface area contributed by atoms with E-state index in [9.17, 15) is 47.9 Å². The van der Waals surface area contributed by atoms with E-state index in [1.807, 2.05) is 0 Å². The number of carbonyl (C=O) groups is 10. The largest absolute Gasteiger partial charge is 0.435 e. The maximum atomic E-state index is 10.7. The van der Waals surface area contributed by atoms with Gasteiger partial charge in [0.1, 0.15) is 0 Å². The van der Waals surface area contributed by atoms with Gasteiger partial charge in [-0.3, -0.25) is 47.9 Å². The summed E-state index contributed by atoms with van der Waals surface area (Å²) < 4.78 is 16.7. The molecule has 6 aliphatic rings. The molecule has 0 aromatic rings. The van der Waals surface area contributed by atoms with Gasteiger partial charge in [-0.2, -0.15) is 0 Å². The second-order valence-electron chi connectivity index (χ2n) is 14.3. The Hall–Kier alpha value is -7.90. The number of hydrogen-bond donors (Lipinski definition) is 0. The Morgan fingerprint density at radius 1 is 0.306 bits per heavy atom. The Kier molecular flexibility index (Phi) is 45.9. The number of hydrogen-bond acceptors (Lipinski definition) is 14. The lowest BCUT2D eigenvalue weighted by atomic mass is 10.4. The molecule has 0 aromatic heterocycles. The van der Waals surface area contributed by atoms with Crippen molar-refractivity contribution in [2.75, 3.05) is 39.3 Å². The predicted octanol–water partition coefficient (Wildman–Crippen LogP) is 7.29. The smallest absolute Gasteiger partial charge is 0.307 e. The molecule has 0 spiro atoms. The fraction of sp³-hybridized carbons (Fsp3) is 0.423. The van der Waals surface area contributed by atoms with Crippen molar-refractivity contribution in [1.82, 2.24) is 29.4 Å². The number of nitrogens with zero attached hydrogens (tertiary/aromatic N) is 6. The molecule has 20 nitrogen and oxygen atoms in total. The zero-order chi connectivity index (χ0) is 55.9. The molecule has 0 unspecified atom stereocenters. The molecule has 6 fully saturated rings. The van der Waals surface area contributed by atoms with Crippen molar-refractivity contribution in [3.8, 4) is 0 Å². The van der Waals surface area contributed by atoms with Gasteiger partial charge in [0.05, 0.1) is 25.0 Å². The van der Waals surface area contributed by atoms with Crippen LogP contribution < -0.4 is 0 Å². The van der Waals surface area contributed by atoms with Crippen molar-refractivity contribution in [3.05, 3.63) is 128 Å². The zero-order valence-electron chi connectivity index (χ0n) is 43.0. The maximum absolute atomic E-state index is 10.7. The minimum Gasteiger partial charge on any atom is -0.435 e. The zero-order valence-corrected chi connectivity index (χ0v) is 43.0. The van der Waals surface area contributed by atoms with Gasteiger partial charge in [0.2, 0.25) is 35.4 Å². The molecule has 6 aliphatic heterocycles. The van der Waals surface area contributed by atoms with Crippen molar-refractivity contribution < 1.29 is 66.9 Å². The number of likely N-dealkylation sites (tertiary alicyclic amines) is 6. The molecule has 0 saturated carbocycles. The van der Waals surface area contributed by atoms with E-state index in [-0.39, 0.29) is 59.3 Å². The number of ether oxygens (including phenoxy) is 4. The number of rotatable bonds is 10. The summed E-state index contributed by atoms with van der Waals surface area (Å²) in [5.41, 5.74) is 0. The second kappa shape index (κ2) is 46.8. The summed E-state index contributed by atoms with van der Waals surface area (Å²) in [6.45, 7) is 44.1. The van der Waals surface area contributed by atoms with Crippen LogP contribution in [0.1, 0.15) is 105 Å². The standard InChI is InChI=1S/6C6H9NO.4C4H6O2/c6*1-2-7-5-3-4-6(7)8;4*1-3-6-4(2)5/h6*2H,1,3-5H2;4*3H,1H2,2H3. The molecule has 6 saturated heterocycles. The minimum absolute atomic E-state index is 0.208. The molecular weight excluding hydrogens is 933 g/mol. The van der Waals surface area contributed by atoms with E-state index in [2.05, 4.69) is 84.7 Å². The van der Waals surface area contributed by atoms with E-state index >= 15 is 0 Å². The summed E-state index contributed by atoms with van der Waals surface area (Å²) in [6, 6.07) is 0. The van der Waals surface area contributed by atoms with Crippen LogP contribution in [-0.2, 0) is 66.9 Å². The van der Waals surface area contributed by atoms with Gasteiger partial charge in [0, 0.05) is 105 Å². The molecule has 0 radical (unpaired) electrons. The van der Waals surface area contributed by atoms with Crippen LogP contribution in [0.15, 0.2) is 128 Å². The molecule has 0 bridgehead atoms. The summed E-state index contributed by atoms with van der Waals surface area (Å²) in [7, 11) is 0. The first kappa shape index (κ1) is 70.7. The van der Waals surface area contributed by atoms with E-state index in [1.54, 1.807) is 66.6 Å². The van der Waals surface area contributed by atoms with E-state index < -0.39 is 0 Å². The van der Waals surface area contributed by atoms with Crippen molar-refractivity contribution in [3.63, 3.8) is 0 Å². The summed E-state index contributed by atoms with van der Waals surface area (Å²) in [4.78, 5) is 113. The highest BCUT2D eigenvalue weighted by Gasteiger charge is 2.19. The quantitative estimate of drug-likeness (QED) is 0.119. The van der Waals surface area contributed by atoms with Crippen molar-refractivity contribution in [2.24, 2.45) is 0 Å². The summed E-state index contributed by atoms with van der Waals surface area (Å²) in [5, 5.41) is 0. The lowest BCUT2D eigenvalue weighted by molar-refractivity contribution is -0.136. The van der Waals surface area contributed by atoms with E-state index in [0.29, 0.717) is 38.5 Å². The highest BCUT2D eigenvalue weighted by molar-refractivity contribution is 5.81. The third-order valence-electron chi connectivity index (χ3n) is 8.98. The van der Waals surface area contributed by atoms with Gasteiger partial charge >= 0.3 is 23.9 Å². The average Bonchev–Trinajstić information content (AvgIpc) is 4.22. The van der Waals surface area contributed by atoms with Gasteiger partial charge in [-0.1, -0.05) is 65.8 Å². The predicted molar refractivity (Wildman–Crippen MR) is 275 cm³/mol. The number of esters is 4. The molecule has 20 heteroatoms.